The lowest BCUT2D eigenvalue weighted by Gasteiger charge is -2.29. The molecule has 32 heteroatoms. The van der Waals surface area contributed by atoms with Gasteiger partial charge in [0.2, 0.25) is 11.8 Å². The third-order valence-electron chi connectivity index (χ3n) is 15.4. The molecule has 1 aliphatic carbocycles. The Kier molecular flexibility index (Phi) is 22.2. The van der Waals surface area contributed by atoms with Crippen LogP contribution >= 0.6 is 68.0 Å². The van der Waals surface area contributed by atoms with Gasteiger partial charge >= 0.3 is 18.0 Å². The topological polar surface area (TPSA) is 372 Å². The SMILES string of the molecule is CNC(=O)C[C@@H]1NC(=O)c2csc(n2)-c2ccc(-c3nc(N(CCCCCC(=O)O)C(=O)N[C@H]4CC[C@H](C(=O)O)CC4)cs3)nc2-c2csc(n2)-c2csc(n2)[C@H]([C@@H](O)c2ccccc2)NC(=O)CNC(=O)c2nc(sc2COC)C(C(C)C)NC(=O)c2nc1sc2C. The molecule has 1 unspecified atom stereocenters. The summed E-state index contributed by atoms with van der Waals surface area (Å²) in [6, 6.07) is 8.68. The number of carboxylic acid groups (broad SMARTS) is 2. The standard InChI is InChI=1S/C61H66N14O12S6/c1-29(2)45-59-74-48(40(93-59)24-87-5)52(82)63-23-43(77)71-49(50(80)31-12-8-6-9-13-31)58-69-39(27-90-58)56-67-37(25-89-56)47-34(54-68-38(26-88-54)51(81)66-36(22-42(76)62-4)57-73-46(30(3)92-57)53(83)72-45)19-20-35(65-47)55-70-41(28-91-55)75(21-11-7-10-14-44(78)79)61(86)64-33-17-15-32(16-18-33)60(84)85/h6,8-9,12-13,19-20,25-29,32-33,36,45,49-50,80H,7,10-11,14-18,21-24H2,1-5H3,(H,62,76)(H,63,82)(H,64,86)(H,66,81)(H,71,77)(H,72,83)(H,78,79)(H,84,85)/t32-,33-,36-,45?,49-,50-/m0/s1. The molecule has 26 nitrogen and oxygen atoms in total. The molecular weight excluding hydrogens is 1310 g/mol. The molecule has 488 valence electrons. The predicted molar refractivity (Wildman–Crippen MR) is 352 cm³/mol. The average Bonchev–Trinajstić information content (AvgIpc) is 1.75. The number of aromatic nitrogens is 7. The minimum atomic E-state index is -1.30. The zero-order chi connectivity index (χ0) is 66.0. The van der Waals surface area contributed by atoms with Gasteiger partial charge in [-0.15, -0.1) is 68.0 Å². The fraction of sp³-hybridized carbons (Fsp3) is 0.393. The number of nitrogens with zero attached hydrogens (tertiary/aromatic N) is 8. The lowest BCUT2D eigenvalue weighted by atomic mass is 9.86. The summed E-state index contributed by atoms with van der Waals surface area (Å²) in [5.41, 5.74) is 2.48. The largest absolute Gasteiger partial charge is 0.481 e. The maximum atomic E-state index is 14.4. The van der Waals surface area contributed by atoms with Gasteiger partial charge in [-0.3, -0.25) is 38.5 Å². The predicted octanol–water partition coefficient (Wildman–Crippen LogP) is 9.12. The number of urea groups is 1. The Hall–Kier alpha value is -8.37. The van der Waals surface area contributed by atoms with Crippen LogP contribution in [0.4, 0.5) is 10.6 Å². The highest BCUT2D eigenvalue weighted by Gasteiger charge is 2.34. The number of anilines is 1. The van der Waals surface area contributed by atoms with Gasteiger partial charge < -0.3 is 52.0 Å². The number of unbranched alkanes of at least 4 members (excludes halogenated alkanes) is 2. The highest BCUT2D eigenvalue weighted by molar-refractivity contribution is 7.15. The van der Waals surface area contributed by atoms with E-state index in [0.29, 0.717) is 119 Å². The van der Waals surface area contributed by atoms with Gasteiger partial charge in [0.05, 0.1) is 48.1 Å². The average molecular weight is 1380 g/mol. The van der Waals surface area contributed by atoms with Gasteiger partial charge in [-0.25, -0.2) is 39.7 Å². The van der Waals surface area contributed by atoms with E-state index >= 15 is 0 Å². The molecule has 7 amide bonds. The third-order valence-corrected chi connectivity index (χ3v) is 21.1. The monoisotopic (exact) mass is 1380 g/mol. The zero-order valence-electron chi connectivity index (χ0n) is 50.9. The van der Waals surface area contributed by atoms with Crippen LogP contribution in [0.1, 0.15) is 158 Å². The summed E-state index contributed by atoms with van der Waals surface area (Å²) >= 11 is 7.10. The third kappa shape index (κ3) is 16.3. The van der Waals surface area contributed by atoms with Gasteiger partial charge in [0.25, 0.3) is 17.7 Å². The number of carboxylic acids is 2. The van der Waals surface area contributed by atoms with Gasteiger partial charge in [-0.05, 0) is 69.1 Å². The van der Waals surface area contributed by atoms with Crippen molar-refractivity contribution in [2.24, 2.45) is 11.8 Å². The van der Waals surface area contributed by atoms with Crippen LogP contribution in [0.15, 0.2) is 64.0 Å². The van der Waals surface area contributed by atoms with Crippen molar-refractivity contribution in [3.8, 4) is 43.4 Å². The molecular formula is C61H66N14O12S6. The number of benzene rings is 1. The molecule has 10 rings (SSSR count). The molecule has 1 aliphatic heterocycles. The second-order valence-corrected chi connectivity index (χ2v) is 28.2. The van der Waals surface area contributed by atoms with Crippen molar-refractivity contribution in [2.75, 3.05) is 32.1 Å². The van der Waals surface area contributed by atoms with E-state index in [1.54, 1.807) is 70.9 Å². The maximum Gasteiger partial charge on any atom is 0.323 e. The van der Waals surface area contributed by atoms with E-state index in [9.17, 15) is 53.7 Å². The molecule has 93 heavy (non-hydrogen) atoms. The molecule has 10 bridgehead atoms. The minimum Gasteiger partial charge on any atom is -0.481 e. The van der Waals surface area contributed by atoms with Crippen molar-refractivity contribution in [3.63, 3.8) is 0 Å². The summed E-state index contributed by atoms with van der Waals surface area (Å²) in [5, 5.41) is 57.1. The number of rotatable bonds is 17. The fourth-order valence-electron chi connectivity index (χ4n) is 10.5. The van der Waals surface area contributed by atoms with Crippen molar-refractivity contribution >= 4 is 121 Å². The van der Waals surface area contributed by atoms with Crippen LogP contribution in [0.25, 0.3) is 43.4 Å². The van der Waals surface area contributed by atoms with Crippen LogP contribution in [0.3, 0.4) is 0 Å². The maximum absolute atomic E-state index is 14.4. The van der Waals surface area contributed by atoms with Crippen molar-refractivity contribution in [2.45, 2.75) is 115 Å². The first-order valence-electron chi connectivity index (χ1n) is 29.7. The number of ether oxygens (including phenoxy) is 1. The van der Waals surface area contributed by atoms with Crippen molar-refractivity contribution in [1.82, 2.24) is 66.8 Å². The van der Waals surface area contributed by atoms with E-state index in [1.807, 2.05) is 13.8 Å². The number of nitrogens with one attached hydrogen (secondary N) is 6. The Labute approximate surface area is 557 Å². The first kappa shape index (κ1) is 67.5. The second kappa shape index (κ2) is 30.6. The summed E-state index contributed by atoms with van der Waals surface area (Å²) in [6.07, 6.45) is 1.67. The number of carbonyl (C=O) groups excluding carboxylic acids is 6. The molecule has 7 aromatic heterocycles. The van der Waals surface area contributed by atoms with Crippen LogP contribution in [-0.2, 0) is 30.5 Å². The molecule has 9 N–H and O–H groups in total. The molecule has 0 spiro atoms. The second-order valence-electron chi connectivity index (χ2n) is 22.3. The summed E-state index contributed by atoms with van der Waals surface area (Å²) in [6.45, 7) is 5.12. The number of fused-ring (bicyclic) bond motifs is 14. The van der Waals surface area contributed by atoms with E-state index in [-0.39, 0.29) is 60.0 Å². The van der Waals surface area contributed by atoms with E-state index in [4.69, 9.17) is 39.6 Å². The van der Waals surface area contributed by atoms with E-state index < -0.39 is 84.2 Å². The van der Waals surface area contributed by atoms with Gasteiger partial charge in [0, 0.05) is 65.1 Å². The molecule has 4 atom stereocenters. The highest BCUT2D eigenvalue weighted by Crippen LogP contribution is 2.41. The number of pyridine rings is 1. The number of amides is 7. The minimum absolute atomic E-state index is 0.000353. The Bertz CT molecular complexity index is 4040. The number of carbonyl (C=O) groups is 8. The molecule has 1 fully saturated rings. The summed E-state index contributed by atoms with van der Waals surface area (Å²) in [7, 11) is 2.93. The van der Waals surface area contributed by atoms with Crippen LogP contribution < -0.4 is 36.8 Å². The van der Waals surface area contributed by atoms with Crippen molar-refractivity contribution in [3.05, 3.63) is 111 Å². The van der Waals surface area contributed by atoms with Crippen LogP contribution in [0.2, 0.25) is 0 Å². The number of aryl methyl sites for hydroxylation is 1. The Balaban J connectivity index is 1.03. The number of aliphatic hydroxyl groups excluding tert-OH is 1. The zero-order valence-corrected chi connectivity index (χ0v) is 55.8. The lowest BCUT2D eigenvalue weighted by Crippen LogP contribution is -2.47. The number of hydrogen-bond donors (Lipinski definition) is 9. The van der Waals surface area contributed by atoms with Crippen LogP contribution in [0, 0.1) is 18.8 Å². The van der Waals surface area contributed by atoms with E-state index in [2.05, 4.69) is 31.9 Å². The first-order chi connectivity index (χ1) is 44.7. The normalized spacial score (nSPS) is 18.3. The molecule has 0 saturated heterocycles. The van der Waals surface area contributed by atoms with Gasteiger partial charge in [-0.2, -0.15) is 0 Å². The van der Waals surface area contributed by atoms with Crippen molar-refractivity contribution < 1.29 is 58.4 Å². The van der Waals surface area contributed by atoms with Crippen molar-refractivity contribution in [1.29, 1.82) is 0 Å². The molecule has 8 aromatic rings. The molecule has 1 aromatic carbocycles. The Morgan fingerprint density at radius 2 is 1.40 bits per heavy atom. The Morgan fingerprint density at radius 3 is 2.13 bits per heavy atom. The molecule has 2 aliphatic rings. The van der Waals surface area contributed by atoms with Crippen LogP contribution in [-0.4, -0.2) is 131 Å². The lowest BCUT2D eigenvalue weighted by molar-refractivity contribution is -0.143. The molecule has 1 saturated carbocycles. The summed E-state index contributed by atoms with van der Waals surface area (Å²) in [5.74, 6) is -5.17. The first-order valence-corrected chi connectivity index (χ1v) is 34.9. The quantitative estimate of drug-likeness (QED) is 0.0383. The number of hydrogen-bond acceptors (Lipinski definition) is 23. The van der Waals surface area contributed by atoms with E-state index in [0.717, 1.165) is 34.0 Å². The van der Waals surface area contributed by atoms with Gasteiger partial charge in [0.15, 0.2) is 0 Å². The van der Waals surface area contributed by atoms with E-state index in [1.165, 1.54) is 53.1 Å². The number of aliphatic hydroxyl groups is 1. The Morgan fingerprint density at radius 1 is 0.688 bits per heavy atom. The molecule has 0 radical (unpaired) electrons. The number of aliphatic carboxylic acids is 2. The van der Waals surface area contributed by atoms with Gasteiger partial charge in [0.1, 0.15) is 82.2 Å². The highest BCUT2D eigenvalue weighted by atomic mass is 32.1. The van der Waals surface area contributed by atoms with Gasteiger partial charge in [-0.1, -0.05) is 50.6 Å². The summed E-state index contributed by atoms with van der Waals surface area (Å²) < 4.78 is 5.46. The fourth-order valence-corrected chi connectivity index (χ4v) is 16.0. The smallest absolute Gasteiger partial charge is 0.323 e. The molecule has 8 heterocycles. The van der Waals surface area contributed by atoms with Crippen LogP contribution in [0.5, 0.6) is 0 Å². The number of methoxy groups -OCH3 is 1. The summed E-state index contributed by atoms with van der Waals surface area (Å²) in [4.78, 5) is 144. The number of thiazole rings is 6.